The maximum Gasteiger partial charge on any atom is 0.186 e. The largest absolute Gasteiger partial charge is 0.290 e. The number of nitrogens with zero attached hydrogens (tertiary/aromatic N) is 2. The maximum absolute atomic E-state index is 12.1. The minimum atomic E-state index is -0.262. The van der Waals surface area contributed by atoms with Gasteiger partial charge in [0.05, 0.1) is 11.4 Å². The van der Waals surface area contributed by atoms with Gasteiger partial charge < -0.3 is 0 Å². The number of ketones is 4. The molecule has 0 saturated heterocycles. The molecule has 0 unspecified atom stereocenters. The Hall–Kier alpha value is -4.06. The molecule has 28 heavy (non-hydrogen) atoms. The van der Waals surface area contributed by atoms with Gasteiger partial charge in [0.1, 0.15) is 0 Å². The summed E-state index contributed by atoms with van der Waals surface area (Å²) in [4.78, 5) is 56.0. The van der Waals surface area contributed by atoms with Crippen molar-refractivity contribution in [2.75, 3.05) is 0 Å². The minimum Gasteiger partial charge on any atom is -0.290 e. The summed E-state index contributed by atoms with van der Waals surface area (Å²) < 4.78 is 0. The van der Waals surface area contributed by atoms with Crippen LogP contribution in [0.5, 0.6) is 0 Å². The standard InChI is InChI=1S/C22H12N2O4/c25-15-1-3-21(27)17(11-15)13-5-7-23-19(9-13)20-10-14(6-8-24-20)18-12-16(26)2-4-22(18)28/h1-12H. The van der Waals surface area contributed by atoms with Crippen LogP contribution in [0.15, 0.2) is 73.1 Å². The summed E-state index contributed by atoms with van der Waals surface area (Å²) in [7, 11) is 0. The quantitative estimate of drug-likeness (QED) is 0.772. The van der Waals surface area contributed by atoms with Crippen LogP contribution in [0.4, 0.5) is 0 Å². The van der Waals surface area contributed by atoms with Gasteiger partial charge in [-0.15, -0.1) is 0 Å². The Morgan fingerprint density at radius 3 is 1.43 bits per heavy atom. The first kappa shape index (κ1) is 17.4. The molecule has 134 valence electrons. The van der Waals surface area contributed by atoms with Crippen molar-refractivity contribution in [1.82, 2.24) is 9.97 Å². The van der Waals surface area contributed by atoms with Crippen LogP contribution in [0.3, 0.4) is 0 Å². The van der Waals surface area contributed by atoms with Crippen LogP contribution in [0, 0.1) is 0 Å². The van der Waals surface area contributed by atoms with Crippen LogP contribution >= 0.6 is 0 Å². The van der Waals surface area contributed by atoms with E-state index < -0.39 is 0 Å². The summed E-state index contributed by atoms with van der Waals surface area (Å²) in [6.07, 6.45) is 10.5. The van der Waals surface area contributed by atoms with Crippen molar-refractivity contribution in [2.45, 2.75) is 0 Å². The van der Waals surface area contributed by atoms with Gasteiger partial charge in [-0.3, -0.25) is 29.1 Å². The topological polar surface area (TPSA) is 94.1 Å². The lowest BCUT2D eigenvalue weighted by molar-refractivity contribution is -0.113. The number of hydrogen-bond acceptors (Lipinski definition) is 6. The molecule has 0 fully saturated rings. The van der Waals surface area contributed by atoms with Crippen LogP contribution < -0.4 is 0 Å². The molecule has 0 aliphatic heterocycles. The Morgan fingerprint density at radius 2 is 1.00 bits per heavy atom. The van der Waals surface area contributed by atoms with Gasteiger partial charge in [0.15, 0.2) is 23.1 Å². The van der Waals surface area contributed by atoms with Crippen LogP contribution in [0.2, 0.25) is 0 Å². The van der Waals surface area contributed by atoms with Crippen molar-refractivity contribution < 1.29 is 19.2 Å². The fraction of sp³-hybridized carbons (Fsp3) is 0. The van der Waals surface area contributed by atoms with Gasteiger partial charge in [-0.1, -0.05) is 0 Å². The fourth-order valence-corrected chi connectivity index (χ4v) is 2.95. The summed E-state index contributed by atoms with van der Waals surface area (Å²) >= 11 is 0. The molecule has 0 bridgehead atoms. The molecule has 4 rings (SSSR count). The van der Waals surface area contributed by atoms with Gasteiger partial charge >= 0.3 is 0 Å². The number of carbonyl (C=O) groups is 4. The molecule has 0 radical (unpaired) electrons. The Labute approximate surface area is 159 Å². The minimum absolute atomic E-state index is 0.256. The van der Waals surface area contributed by atoms with E-state index in [0.29, 0.717) is 22.5 Å². The first-order valence-corrected chi connectivity index (χ1v) is 8.40. The third-order valence-electron chi connectivity index (χ3n) is 4.31. The van der Waals surface area contributed by atoms with E-state index in [0.717, 1.165) is 0 Å². The number of allylic oxidation sites excluding steroid dienone is 8. The molecule has 0 amide bonds. The molecule has 6 heteroatoms. The molecular weight excluding hydrogens is 356 g/mol. The van der Waals surface area contributed by atoms with Crippen molar-refractivity contribution >= 4 is 34.3 Å². The van der Waals surface area contributed by atoms with Crippen LogP contribution in [-0.4, -0.2) is 33.1 Å². The van der Waals surface area contributed by atoms with E-state index in [1.807, 2.05) is 0 Å². The molecule has 0 spiro atoms. The first-order chi connectivity index (χ1) is 13.5. The van der Waals surface area contributed by atoms with Crippen molar-refractivity contribution in [3.63, 3.8) is 0 Å². The highest BCUT2D eigenvalue weighted by Crippen LogP contribution is 2.26. The summed E-state index contributed by atoms with van der Waals surface area (Å²) in [5.74, 6) is -1.04. The lowest BCUT2D eigenvalue weighted by Gasteiger charge is -2.10. The number of carbonyl (C=O) groups excluding carboxylic acids is 4. The second-order valence-corrected chi connectivity index (χ2v) is 6.18. The Kier molecular flexibility index (Phi) is 4.29. The number of rotatable bonds is 3. The summed E-state index contributed by atoms with van der Waals surface area (Å²) in [6.45, 7) is 0. The second kappa shape index (κ2) is 6.92. The van der Waals surface area contributed by atoms with E-state index >= 15 is 0 Å². The van der Waals surface area contributed by atoms with Crippen molar-refractivity contribution in [2.24, 2.45) is 0 Å². The highest BCUT2D eigenvalue weighted by molar-refractivity contribution is 6.34. The van der Waals surface area contributed by atoms with E-state index in [2.05, 4.69) is 9.97 Å². The average molecular weight is 368 g/mol. The van der Waals surface area contributed by atoms with E-state index in [4.69, 9.17) is 0 Å². The Balaban J connectivity index is 1.73. The second-order valence-electron chi connectivity index (χ2n) is 6.18. The molecule has 0 atom stereocenters. The highest BCUT2D eigenvalue weighted by atomic mass is 16.1. The SMILES string of the molecule is O=C1C=CC(=O)C(c2ccnc(-c3cc(C4=CC(=O)C=CC4=O)ccn3)c2)=C1. The van der Waals surface area contributed by atoms with Gasteiger partial charge in [0.2, 0.25) is 0 Å². The lowest BCUT2D eigenvalue weighted by atomic mass is 9.95. The third kappa shape index (κ3) is 3.31. The Morgan fingerprint density at radius 1 is 0.571 bits per heavy atom. The number of hydrogen-bond donors (Lipinski definition) is 0. The smallest absolute Gasteiger partial charge is 0.186 e. The number of aromatic nitrogens is 2. The van der Waals surface area contributed by atoms with Crippen LogP contribution in [-0.2, 0) is 19.2 Å². The van der Waals surface area contributed by atoms with Crippen LogP contribution in [0.25, 0.3) is 22.5 Å². The summed E-state index contributed by atoms with van der Waals surface area (Å²) in [6, 6.07) is 6.59. The number of pyridine rings is 2. The molecule has 2 heterocycles. The van der Waals surface area contributed by atoms with Crippen molar-refractivity contribution in [3.8, 4) is 11.4 Å². The van der Waals surface area contributed by atoms with Gasteiger partial charge in [-0.25, -0.2) is 0 Å². The average Bonchev–Trinajstić information content (AvgIpc) is 2.72. The van der Waals surface area contributed by atoms with Gasteiger partial charge in [-0.2, -0.15) is 0 Å². The molecular formula is C22H12N2O4. The molecule has 2 aromatic rings. The zero-order chi connectivity index (χ0) is 19.7. The molecule has 0 saturated carbocycles. The molecule has 2 aliphatic carbocycles. The van der Waals surface area contributed by atoms with Crippen LogP contribution in [0.1, 0.15) is 11.1 Å². The predicted octanol–water partition coefficient (Wildman–Crippen LogP) is 2.33. The van der Waals surface area contributed by atoms with E-state index in [1.165, 1.54) is 48.8 Å². The van der Waals surface area contributed by atoms with Gasteiger partial charge in [-0.05, 0) is 71.8 Å². The summed E-state index contributed by atoms with van der Waals surface area (Å²) in [5, 5.41) is 0. The normalized spacial score (nSPS) is 16.3. The van der Waals surface area contributed by atoms with Gasteiger partial charge in [0, 0.05) is 23.5 Å². The van der Waals surface area contributed by atoms with E-state index in [-0.39, 0.29) is 34.3 Å². The first-order valence-electron chi connectivity index (χ1n) is 8.40. The molecule has 2 aromatic heterocycles. The zero-order valence-corrected chi connectivity index (χ0v) is 14.5. The molecule has 0 aromatic carbocycles. The lowest BCUT2D eigenvalue weighted by Crippen LogP contribution is -2.07. The fourth-order valence-electron chi connectivity index (χ4n) is 2.95. The Bertz CT molecular complexity index is 1090. The monoisotopic (exact) mass is 368 g/mol. The van der Waals surface area contributed by atoms with Crippen molar-refractivity contribution in [1.29, 1.82) is 0 Å². The highest BCUT2D eigenvalue weighted by Gasteiger charge is 2.18. The van der Waals surface area contributed by atoms with Gasteiger partial charge in [0.25, 0.3) is 0 Å². The van der Waals surface area contributed by atoms with Crippen molar-refractivity contribution in [3.05, 3.63) is 84.2 Å². The van der Waals surface area contributed by atoms with E-state index in [9.17, 15) is 19.2 Å². The predicted molar refractivity (Wildman–Crippen MR) is 102 cm³/mol. The summed E-state index contributed by atoms with van der Waals surface area (Å²) in [5.41, 5.74) is 2.61. The maximum atomic E-state index is 12.1. The molecule has 6 nitrogen and oxygen atoms in total. The van der Waals surface area contributed by atoms with E-state index in [1.54, 1.807) is 24.3 Å². The molecule has 2 aliphatic rings. The molecule has 0 N–H and O–H groups in total. The third-order valence-corrected chi connectivity index (χ3v) is 4.31. The zero-order valence-electron chi connectivity index (χ0n) is 14.5.